The van der Waals surface area contributed by atoms with Crippen molar-refractivity contribution in [1.82, 2.24) is 5.32 Å². The molecular weight excluding hydrogens is 236 g/mol. The minimum atomic E-state index is -0.838. The van der Waals surface area contributed by atoms with Crippen molar-refractivity contribution < 1.29 is 13.2 Å². The lowest BCUT2D eigenvalue weighted by Crippen LogP contribution is -2.15. The highest BCUT2D eigenvalue weighted by molar-refractivity contribution is 5.66. The van der Waals surface area contributed by atoms with Crippen molar-refractivity contribution >= 4 is 0 Å². The van der Waals surface area contributed by atoms with Crippen LogP contribution in [0.3, 0.4) is 0 Å². The van der Waals surface area contributed by atoms with Gasteiger partial charge in [-0.3, -0.25) is 0 Å². The van der Waals surface area contributed by atoms with Gasteiger partial charge in [-0.25, -0.2) is 8.78 Å². The van der Waals surface area contributed by atoms with Crippen molar-refractivity contribution in [2.24, 2.45) is 0 Å². The first-order chi connectivity index (χ1) is 8.75. The van der Waals surface area contributed by atoms with Crippen LogP contribution < -0.4 is 5.32 Å². The lowest BCUT2D eigenvalue weighted by molar-refractivity contribution is 0.482. The van der Waals surface area contributed by atoms with Gasteiger partial charge in [0, 0.05) is 17.2 Å². The van der Waals surface area contributed by atoms with Gasteiger partial charge in [-0.2, -0.15) is 0 Å². The summed E-state index contributed by atoms with van der Waals surface area (Å²) >= 11 is 0. The monoisotopic (exact) mass is 249 g/mol. The van der Waals surface area contributed by atoms with Gasteiger partial charge < -0.3 is 9.73 Å². The lowest BCUT2D eigenvalue weighted by Gasteiger charge is -2.05. The van der Waals surface area contributed by atoms with E-state index in [9.17, 15) is 8.78 Å². The molecule has 0 saturated heterocycles. The third kappa shape index (κ3) is 2.16. The molecule has 4 heteroatoms. The van der Waals surface area contributed by atoms with Crippen molar-refractivity contribution in [2.75, 3.05) is 0 Å². The number of rotatable bonds is 4. The number of benzene rings is 1. The molecule has 0 aliphatic heterocycles. The van der Waals surface area contributed by atoms with E-state index in [0.29, 0.717) is 23.9 Å². The van der Waals surface area contributed by atoms with Gasteiger partial charge in [0.2, 0.25) is 0 Å². The van der Waals surface area contributed by atoms with E-state index in [1.807, 2.05) is 0 Å². The quantitative estimate of drug-likeness (QED) is 0.897. The molecule has 0 amide bonds. The van der Waals surface area contributed by atoms with Crippen LogP contribution in [0.5, 0.6) is 0 Å². The first-order valence-electron chi connectivity index (χ1n) is 6.00. The molecule has 94 valence electrons. The van der Waals surface area contributed by atoms with Gasteiger partial charge in [0.1, 0.15) is 5.76 Å². The molecule has 0 unspecified atom stereocenters. The predicted octanol–water partition coefficient (Wildman–Crippen LogP) is 3.48. The summed E-state index contributed by atoms with van der Waals surface area (Å²) in [6, 6.07) is 6.38. The van der Waals surface area contributed by atoms with Gasteiger partial charge >= 0.3 is 0 Å². The first-order valence-corrected chi connectivity index (χ1v) is 6.00. The lowest BCUT2D eigenvalue weighted by atomic mass is 10.1. The second-order valence-electron chi connectivity index (χ2n) is 4.51. The molecule has 1 aliphatic carbocycles. The number of furan rings is 1. The predicted molar refractivity (Wildman–Crippen MR) is 63.9 cm³/mol. The fraction of sp³-hybridized carbons (Fsp3) is 0.286. The Hall–Kier alpha value is -1.68. The van der Waals surface area contributed by atoms with Crippen LogP contribution in [0.4, 0.5) is 8.78 Å². The molecule has 2 aromatic rings. The number of hydrogen-bond acceptors (Lipinski definition) is 2. The van der Waals surface area contributed by atoms with E-state index < -0.39 is 11.6 Å². The zero-order valence-corrected chi connectivity index (χ0v) is 9.75. The van der Waals surface area contributed by atoms with Crippen molar-refractivity contribution in [3.63, 3.8) is 0 Å². The maximum absolute atomic E-state index is 13.7. The Morgan fingerprint density at radius 1 is 1.17 bits per heavy atom. The summed E-state index contributed by atoms with van der Waals surface area (Å²) in [5.41, 5.74) is 0.858. The third-order valence-electron chi connectivity index (χ3n) is 3.12. The molecule has 0 atom stereocenters. The van der Waals surface area contributed by atoms with E-state index in [4.69, 9.17) is 4.42 Å². The fourth-order valence-electron chi connectivity index (χ4n) is 1.95. The Bertz CT molecular complexity index is 561. The number of nitrogens with one attached hydrogen (secondary N) is 1. The summed E-state index contributed by atoms with van der Waals surface area (Å²) in [6.45, 7) is 0.545. The summed E-state index contributed by atoms with van der Waals surface area (Å²) < 4.78 is 32.3. The number of halogens is 2. The molecule has 0 radical (unpaired) electrons. The summed E-state index contributed by atoms with van der Waals surface area (Å²) in [7, 11) is 0. The first kappa shape index (κ1) is 11.4. The molecule has 1 aliphatic rings. The average molecular weight is 249 g/mol. The van der Waals surface area contributed by atoms with E-state index in [2.05, 4.69) is 5.32 Å². The molecule has 1 aromatic heterocycles. The van der Waals surface area contributed by atoms with Crippen molar-refractivity contribution in [3.05, 3.63) is 47.9 Å². The maximum Gasteiger partial charge on any atom is 0.166 e. The summed E-state index contributed by atoms with van der Waals surface area (Å²) in [5.74, 6) is -1.02. The molecular formula is C14H13F2NO. The van der Waals surface area contributed by atoms with Crippen molar-refractivity contribution in [3.8, 4) is 11.1 Å². The van der Waals surface area contributed by atoms with Crippen LogP contribution in [0, 0.1) is 11.6 Å². The van der Waals surface area contributed by atoms with Crippen molar-refractivity contribution in [2.45, 2.75) is 25.4 Å². The summed E-state index contributed by atoms with van der Waals surface area (Å²) in [5, 5.41) is 3.29. The van der Waals surface area contributed by atoms with Gasteiger partial charge in [-0.05, 0) is 25.0 Å². The second kappa shape index (κ2) is 4.53. The van der Waals surface area contributed by atoms with E-state index in [0.717, 1.165) is 6.07 Å². The molecule has 2 nitrogen and oxygen atoms in total. The van der Waals surface area contributed by atoms with Crippen LogP contribution in [0.25, 0.3) is 11.1 Å². The minimum absolute atomic E-state index is 0.247. The summed E-state index contributed by atoms with van der Waals surface area (Å²) in [4.78, 5) is 0. The van der Waals surface area contributed by atoms with E-state index in [-0.39, 0.29) is 5.56 Å². The van der Waals surface area contributed by atoms with Gasteiger partial charge in [-0.15, -0.1) is 0 Å². The van der Waals surface area contributed by atoms with E-state index >= 15 is 0 Å². The van der Waals surface area contributed by atoms with Crippen LogP contribution in [-0.2, 0) is 6.54 Å². The van der Waals surface area contributed by atoms with E-state index in [1.54, 1.807) is 12.1 Å². The Labute approximate surface area is 104 Å². The Kier molecular flexibility index (Phi) is 2.88. The highest BCUT2D eigenvalue weighted by Crippen LogP contribution is 2.29. The highest BCUT2D eigenvalue weighted by atomic mass is 19.2. The largest absolute Gasteiger partial charge is 0.467 e. The van der Waals surface area contributed by atoms with Gasteiger partial charge in [0.15, 0.2) is 11.6 Å². The Morgan fingerprint density at radius 2 is 2.00 bits per heavy atom. The SMILES string of the molecule is Fc1cccc(-c2ccoc2CNC2CC2)c1F. The smallest absolute Gasteiger partial charge is 0.166 e. The minimum Gasteiger partial charge on any atom is -0.467 e. The highest BCUT2D eigenvalue weighted by Gasteiger charge is 2.22. The van der Waals surface area contributed by atoms with Crippen LogP contribution in [-0.4, -0.2) is 6.04 Å². The number of hydrogen-bond donors (Lipinski definition) is 1. The van der Waals surface area contributed by atoms with Crippen LogP contribution >= 0.6 is 0 Å². The van der Waals surface area contributed by atoms with Crippen LogP contribution in [0.15, 0.2) is 34.9 Å². The third-order valence-corrected chi connectivity index (χ3v) is 3.12. The zero-order valence-electron chi connectivity index (χ0n) is 9.75. The molecule has 0 bridgehead atoms. The average Bonchev–Trinajstić information content (AvgIpc) is 3.08. The van der Waals surface area contributed by atoms with Gasteiger partial charge in [0.25, 0.3) is 0 Å². The maximum atomic E-state index is 13.7. The molecule has 1 saturated carbocycles. The molecule has 1 N–H and O–H groups in total. The van der Waals surface area contributed by atoms with Gasteiger partial charge in [0.05, 0.1) is 12.8 Å². The molecule has 1 aromatic carbocycles. The second-order valence-corrected chi connectivity index (χ2v) is 4.51. The topological polar surface area (TPSA) is 25.2 Å². The molecule has 1 fully saturated rings. The Balaban J connectivity index is 1.90. The molecule has 1 heterocycles. The van der Waals surface area contributed by atoms with Crippen LogP contribution in [0.2, 0.25) is 0 Å². The summed E-state index contributed by atoms with van der Waals surface area (Å²) in [6.07, 6.45) is 3.85. The molecule has 3 rings (SSSR count). The van der Waals surface area contributed by atoms with Crippen molar-refractivity contribution in [1.29, 1.82) is 0 Å². The normalized spacial score (nSPS) is 15.0. The Morgan fingerprint density at radius 3 is 2.78 bits per heavy atom. The van der Waals surface area contributed by atoms with E-state index in [1.165, 1.54) is 25.2 Å². The van der Waals surface area contributed by atoms with Gasteiger partial charge in [-0.1, -0.05) is 12.1 Å². The molecule has 18 heavy (non-hydrogen) atoms. The zero-order chi connectivity index (χ0) is 12.5. The standard InChI is InChI=1S/C14H13F2NO/c15-12-3-1-2-11(14(12)16)10-6-7-18-13(10)8-17-9-4-5-9/h1-3,6-7,9,17H,4-5,8H2. The molecule has 0 spiro atoms. The fourth-order valence-corrected chi connectivity index (χ4v) is 1.95. The van der Waals surface area contributed by atoms with Crippen LogP contribution in [0.1, 0.15) is 18.6 Å².